The van der Waals surface area contributed by atoms with E-state index in [0.717, 1.165) is 5.56 Å². The number of fused-ring (bicyclic) bond motifs is 3. The molecule has 9 heteroatoms. The number of aliphatic hydroxyl groups excluding tert-OH is 1. The van der Waals surface area contributed by atoms with Gasteiger partial charge in [0.1, 0.15) is 30.4 Å². The number of halogens is 1. The summed E-state index contributed by atoms with van der Waals surface area (Å²) in [6.45, 7) is -0.214. The number of carbonyl (C=O) groups is 2. The zero-order chi connectivity index (χ0) is 23.4. The standard InChI is InChI=1S/C24H27FN2O6/c1-31-13-23(30)27-15-6-7-20-17(8-15)18-9-16(32-21(12-28)24(18)33-20)10-22(29)26-11-14-4-2-3-5-19(14)25/h2-8,16,18,21,24,28H,9-13H2,1H3,(H,26,29)(H,27,30)/t16-,18-,21+,24+/m1/s1. The Bertz CT molecular complexity index is 1020. The zero-order valence-corrected chi connectivity index (χ0v) is 18.3. The summed E-state index contributed by atoms with van der Waals surface area (Å²) in [6, 6.07) is 11.6. The number of nitrogens with one attached hydrogen (secondary N) is 2. The topological polar surface area (TPSA) is 106 Å². The van der Waals surface area contributed by atoms with Crippen LogP contribution in [-0.2, 0) is 25.6 Å². The molecule has 0 saturated carbocycles. The van der Waals surface area contributed by atoms with Crippen molar-refractivity contribution < 1.29 is 33.3 Å². The summed E-state index contributed by atoms with van der Waals surface area (Å²) in [5.41, 5.74) is 1.92. The van der Waals surface area contributed by atoms with Crippen LogP contribution in [0.3, 0.4) is 0 Å². The molecule has 2 amide bonds. The lowest BCUT2D eigenvalue weighted by atomic mass is 9.84. The predicted molar refractivity (Wildman–Crippen MR) is 117 cm³/mol. The number of methoxy groups -OCH3 is 1. The lowest BCUT2D eigenvalue weighted by Crippen LogP contribution is -2.47. The fourth-order valence-electron chi connectivity index (χ4n) is 4.41. The fourth-order valence-corrected chi connectivity index (χ4v) is 4.41. The molecular weight excluding hydrogens is 431 g/mol. The van der Waals surface area contributed by atoms with E-state index in [9.17, 15) is 19.1 Å². The summed E-state index contributed by atoms with van der Waals surface area (Å²) in [4.78, 5) is 24.4. The van der Waals surface area contributed by atoms with Crippen LogP contribution in [-0.4, -0.2) is 55.6 Å². The average Bonchev–Trinajstić information content (AvgIpc) is 3.16. The molecule has 176 valence electrons. The van der Waals surface area contributed by atoms with Gasteiger partial charge in [-0.15, -0.1) is 0 Å². The van der Waals surface area contributed by atoms with Crippen LogP contribution in [0, 0.1) is 5.82 Å². The second kappa shape index (κ2) is 10.3. The molecule has 2 heterocycles. The number of hydrogen-bond donors (Lipinski definition) is 3. The van der Waals surface area contributed by atoms with Crippen molar-refractivity contribution in [3.8, 4) is 5.75 Å². The number of amides is 2. The predicted octanol–water partition coefficient (Wildman–Crippen LogP) is 2.11. The van der Waals surface area contributed by atoms with E-state index < -0.39 is 12.2 Å². The van der Waals surface area contributed by atoms with Crippen LogP contribution in [0.2, 0.25) is 0 Å². The van der Waals surface area contributed by atoms with Gasteiger partial charge in [0.15, 0.2) is 0 Å². The van der Waals surface area contributed by atoms with Crippen LogP contribution < -0.4 is 15.4 Å². The highest BCUT2D eigenvalue weighted by Crippen LogP contribution is 2.47. The molecule has 0 spiro atoms. The van der Waals surface area contributed by atoms with Crippen molar-refractivity contribution in [3.63, 3.8) is 0 Å². The summed E-state index contributed by atoms with van der Waals surface area (Å²) in [6.07, 6.45) is -0.824. The van der Waals surface area contributed by atoms with Gasteiger partial charge >= 0.3 is 0 Å². The largest absolute Gasteiger partial charge is 0.487 e. The van der Waals surface area contributed by atoms with E-state index in [0.29, 0.717) is 23.4 Å². The molecule has 8 nitrogen and oxygen atoms in total. The van der Waals surface area contributed by atoms with Crippen molar-refractivity contribution in [2.24, 2.45) is 0 Å². The van der Waals surface area contributed by atoms with Crippen LogP contribution in [0.5, 0.6) is 5.75 Å². The second-order valence-electron chi connectivity index (χ2n) is 8.21. The smallest absolute Gasteiger partial charge is 0.250 e. The molecule has 0 aromatic heterocycles. The van der Waals surface area contributed by atoms with Gasteiger partial charge in [0.2, 0.25) is 11.8 Å². The third-order valence-electron chi connectivity index (χ3n) is 5.91. The summed E-state index contributed by atoms with van der Waals surface area (Å²) in [7, 11) is 1.45. The van der Waals surface area contributed by atoms with Gasteiger partial charge in [0.25, 0.3) is 0 Å². The second-order valence-corrected chi connectivity index (χ2v) is 8.21. The minimum Gasteiger partial charge on any atom is -0.487 e. The van der Waals surface area contributed by atoms with Crippen LogP contribution in [0.4, 0.5) is 10.1 Å². The monoisotopic (exact) mass is 458 g/mol. The molecule has 2 aromatic rings. The first-order valence-corrected chi connectivity index (χ1v) is 10.8. The maximum atomic E-state index is 13.8. The quantitative estimate of drug-likeness (QED) is 0.560. The Labute approximate surface area is 191 Å². The first-order chi connectivity index (χ1) is 16.0. The molecule has 0 radical (unpaired) electrons. The van der Waals surface area contributed by atoms with Crippen molar-refractivity contribution in [1.29, 1.82) is 0 Å². The number of hydrogen-bond acceptors (Lipinski definition) is 6. The zero-order valence-electron chi connectivity index (χ0n) is 18.3. The molecule has 0 unspecified atom stereocenters. The molecule has 2 aromatic carbocycles. The van der Waals surface area contributed by atoms with Crippen LogP contribution in [0.25, 0.3) is 0 Å². The summed E-state index contributed by atoms with van der Waals surface area (Å²) in [5.74, 6) is -0.338. The molecule has 4 rings (SSSR count). The number of ether oxygens (including phenoxy) is 3. The third kappa shape index (κ3) is 5.32. The molecular formula is C24H27FN2O6. The van der Waals surface area contributed by atoms with E-state index >= 15 is 0 Å². The molecule has 33 heavy (non-hydrogen) atoms. The van der Waals surface area contributed by atoms with Crippen molar-refractivity contribution in [2.75, 3.05) is 25.6 Å². The Morgan fingerprint density at radius 2 is 2.03 bits per heavy atom. The third-order valence-corrected chi connectivity index (χ3v) is 5.91. The Morgan fingerprint density at radius 1 is 1.21 bits per heavy atom. The van der Waals surface area contributed by atoms with Gasteiger partial charge in [0, 0.05) is 36.4 Å². The van der Waals surface area contributed by atoms with Crippen LogP contribution >= 0.6 is 0 Å². The van der Waals surface area contributed by atoms with Crippen LogP contribution in [0.1, 0.15) is 29.9 Å². The van der Waals surface area contributed by atoms with E-state index in [1.165, 1.54) is 13.2 Å². The summed E-state index contributed by atoms with van der Waals surface area (Å²) < 4.78 is 30.6. The molecule has 2 aliphatic rings. The molecule has 2 aliphatic heterocycles. The lowest BCUT2D eigenvalue weighted by molar-refractivity contribution is -0.142. The van der Waals surface area contributed by atoms with Gasteiger partial charge in [-0.25, -0.2) is 4.39 Å². The first-order valence-electron chi connectivity index (χ1n) is 10.8. The van der Waals surface area contributed by atoms with Gasteiger partial charge < -0.3 is 30.0 Å². The number of carbonyl (C=O) groups excluding carboxylic acids is 2. The fraction of sp³-hybridized carbons (Fsp3) is 0.417. The molecule has 4 atom stereocenters. The van der Waals surface area contributed by atoms with Gasteiger partial charge in [-0.05, 0) is 30.7 Å². The van der Waals surface area contributed by atoms with Gasteiger partial charge in [-0.2, -0.15) is 0 Å². The highest BCUT2D eigenvalue weighted by molar-refractivity contribution is 5.92. The SMILES string of the molecule is COCC(=O)Nc1ccc2c(c1)[C@H]1C[C@H](CC(=O)NCc3ccccc3F)O[C@@H](CO)[C@H]1O2. The minimum atomic E-state index is -0.591. The van der Waals surface area contributed by atoms with Gasteiger partial charge in [0.05, 0.1) is 19.1 Å². The molecule has 0 aliphatic carbocycles. The van der Waals surface area contributed by atoms with Gasteiger partial charge in [-0.3, -0.25) is 9.59 Å². The number of anilines is 1. The molecule has 0 bridgehead atoms. The molecule has 1 fully saturated rings. The van der Waals surface area contributed by atoms with Crippen molar-refractivity contribution >= 4 is 17.5 Å². The van der Waals surface area contributed by atoms with E-state index in [4.69, 9.17) is 14.2 Å². The number of aliphatic hydroxyl groups is 1. The van der Waals surface area contributed by atoms with Gasteiger partial charge in [-0.1, -0.05) is 18.2 Å². The Morgan fingerprint density at radius 3 is 2.79 bits per heavy atom. The average molecular weight is 458 g/mol. The minimum absolute atomic E-state index is 0.0515. The summed E-state index contributed by atoms with van der Waals surface area (Å²) >= 11 is 0. The number of rotatable bonds is 8. The molecule has 3 N–H and O–H groups in total. The van der Waals surface area contributed by atoms with E-state index in [1.54, 1.807) is 30.3 Å². The first kappa shape index (κ1) is 23.2. The normalized spacial score (nSPS) is 23.2. The maximum absolute atomic E-state index is 13.8. The van der Waals surface area contributed by atoms with E-state index in [-0.39, 0.29) is 55.8 Å². The Hall–Kier alpha value is -3.01. The Balaban J connectivity index is 1.42. The maximum Gasteiger partial charge on any atom is 0.250 e. The van der Waals surface area contributed by atoms with Crippen molar-refractivity contribution in [2.45, 2.75) is 43.6 Å². The summed E-state index contributed by atoms with van der Waals surface area (Å²) in [5, 5.41) is 15.4. The van der Waals surface area contributed by atoms with Crippen LogP contribution in [0.15, 0.2) is 42.5 Å². The Kier molecular flexibility index (Phi) is 7.22. The van der Waals surface area contributed by atoms with E-state index in [1.807, 2.05) is 6.07 Å². The van der Waals surface area contributed by atoms with E-state index in [2.05, 4.69) is 10.6 Å². The van der Waals surface area contributed by atoms with Crippen molar-refractivity contribution in [3.05, 3.63) is 59.4 Å². The van der Waals surface area contributed by atoms with Crippen molar-refractivity contribution in [1.82, 2.24) is 5.32 Å². The highest BCUT2D eigenvalue weighted by Gasteiger charge is 2.46. The highest BCUT2D eigenvalue weighted by atomic mass is 19.1. The lowest BCUT2D eigenvalue weighted by Gasteiger charge is -2.37. The molecule has 1 saturated heterocycles. The number of benzene rings is 2.